The van der Waals surface area contributed by atoms with Crippen LogP contribution in [0.1, 0.15) is 0 Å². The molecule has 2 aromatic rings. The van der Waals surface area contributed by atoms with Gasteiger partial charge in [0.15, 0.2) is 0 Å². The Bertz CT molecular complexity index is 524. The third-order valence-electron chi connectivity index (χ3n) is 2.17. The number of aromatic nitrogens is 1. The third kappa shape index (κ3) is 1.79. The SMILES string of the molecule is COc1ccc(-n2cc(OC)oc2=O)cc1. The predicted octanol–water partition coefficient (Wildman–Crippen LogP) is 1.45. The number of oxazole rings is 1. The minimum absolute atomic E-state index is 0.181. The summed E-state index contributed by atoms with van der Waals surface area (Å²) in [6.07, 6.45) is 1.49. The van der Waals surface area contributed by atoms with E-state index in [9.17, 15) is 4.79 Å². The molecule has 2 rings (SSSR count). The molecular formula is C11H11NO4. The van der Waals surface area contributed by atoms with Crippen LogP contribution in [0.15, 0.2) is 39.7 Å². The summed E-state index contributed by atoms with van der Waals surface area (Å²) in [5.74, 6) is 0.426. The van der Waals surface area contributed by atoms with Gasteiger partial charge in [-0.15, -0.1) is 0 Å². The summed E-state index contributed by atoms with van der Waals surface area (Å²) in [7, 11) is 3.03. The van der Waals surface area contributed by atoms with Gasteiger partial charge in [-0.05, 0) is 24.3 Å². The molecule has 0 spiro atoms. The van der Waals surface area contributed by atoms with E-state index in [1.807, 2.05) is 0 Å². The van der Waals surface area contributed by atoms with Crippen LogP contribution in [0, 0.1) is 0 Å². The maximum absolute atomic E-state index is 11.4. The van der Waals surface area contributed by atoms with E-state index >= 15 is 0 Å². The maximum atomic E-state index is 11.4. The van der Waals surface area contributed by atoms with Gasteiger partial charge in [-0.25, -0.2) is 9.36 Å². The molecule has 0 saturated carbocycles. The smallest absolute Gasteiger partial charge is 0.426 e. The highest BCUT2D eigenvalue weighted by molar-refractivity contribution is 5.37. The molecule has 84 valence electrons. The molecule has 0 N–H and O–H groups in total. The standard InChI is InChI=1S/C11H11NO4/c1-14-9-5-3-8(4-6-9)12-7-10(15-2)16-11(12)13/h3-7H,1-2H3. The Kier molecular flexibility index (Phi) is 2.68. The van der Waals surface area contributed by atoms with Crippen molar-refractivity contribution in [3.63, 3.8) is 0 Å². The first-order valence-electron chi connectivity index (χ1n) is 4.65. The summed E-state index contributed by atoms with van der Waals surface area (Å²) < 4.78 is 16.0. The molecule has 0 radical (unpaired) electrons. The van der Waals surface area contributed by atoms with E-state index in [4.69, 9.17) is 13.9 Å². The van der Waals surface area contributed by atoms with Gasteiger partial charge in [-0.1, -0.05) is 0 Å². The van der Waals surface area contributed by atoms with Gasteiger partial charge in [-0.3, -0.25) is 0 Å². The lowest BCUT2D eigenvalue weighted by Gasteiger charge is -2.01. The fraction of sp³-hybridized carbons (Fsp3) is 0.182. The monoisotopic (exact) mass is 221 g/mol. The molecule has 0 aliphatic rings. The zero-order valence-electron chi connectivity index (χ0n) is 8.97. The van der Waals surface area contributed by atoms with E-state index in [1.54, 1.807) is 31.4 Å². The van der Waals surface area contributed by atoms with Gasteiger partial charge >= 0.3 is 11.7 Å². The quantitative estimate of drug-likeness (QED) is 0.787. The summed E-state index contributed by atoms with van der Waals surface area (Å²) in [4.78, 5) is 11.4. The molecule has 5 nitrogen and oxygen atoms in total. The van der Waals surface area contributed by atoms with Crippen LogP contribution in [0.4, 0.5) is 0 Å². The first-order valence-corrected chi connectivity index (χ1v) is 4.65. The van der Waals surface area contributed by atoms with Crippen LogP contribution < -0.4 is 15.2 Å². The topological polar surface area (TPSA) is 53.6 Å². The van der Waals surface area contributed by atoms with Crippen molar-refractivity contribution in [1.82, 2.24) is 4.57 Å². The van der Waals surface area contributed by atoms with Gasteiger partial charge in [0, 0.05) is 0 Å². The molecule has 1 heterocycles. The van der Waals surface area contributed by atoms with Crippen LogP contribution in [-0.2, 0) is 0 Å². The summed E-state index contributed by atoms with van der Waals surface area (Å²) in [5, 5.41) is 0. The van der Waals surface area contributed by atoms with E-state index in [2.05, 4.69) is 0 Å². The van der Waals surface area contributed by atoms with Crippen LogP contribution >= 0.6 is 0 Å². The summed E-state index contributed by atoms with van der Waals surface area (Å²) in [6.45, 7) is 0. The zero-order valence-corrected chi connectivity index (χ0v) is 8.97. The molecule has 0 aliphatic heterocycles. The lowest BCUT2D eigenvalue weighted by molar-refractivity contribution is 0.294. The number of methoxy groups -OCH3 is 2. The molecule has 1 aromatic heterocycles. The van der Waals surface area contributed by atoms with Crippen molar-refractivity contribution >= 4 is 0 Å². The highest BCUT2D eigenvalue weighted by Crippen LogP contribution is 2.16. The molecule has 16 heavy (non-hydrogen) atoms. The normalized spacial score (nSPS) is 10.1. The van der Waals surface area contributed by atoms with Crippen molar-refractivity contribution in [1.29, 1.82) is 0 Å². The second-order valence-electron chi connectivity index (χ2n) is 3.09. The molecule has 0 unspecified atom stereocenters. The summed E-state index contributed by atoms with van der Waals surface area (Å²) in [5.41, 5.74) is 0.692. The minimum Gasteiger partial charge on any atom is -0.497 e. The maximum Gasteiger partial charge on any atom is 0.426 e. The first kappa shape index (κ1) is 10.4. The Labute approximate surface area is 91.8 Å². The van der Waals surface area contributed by atoms with Crippen molar-refractivity contribution in [2.75, 3.05) is 14.2 Å². The number of benzene rings is 1. The van der Waals surface area contributed by atoms with Crippen molar-refractivity contribution in [2.45, 2.75) is 0 Å². The third-order valence-corrected chi connectivity index (χ3v) is 2.17. The second kappa shape index (κ2) is 4.14. The number of ether oxygens (including phenoxy) is 2. The minimum atomic E-state index is -0.484. The highest BCUT2D eigenvalue weighted by atomic mass is 16.6. The number of rotatable bonds is 3. The number of hydrogen-bond donors (Lipinski definition) is 0. The second-order valence-corrected chi connectivity index (χ2v) is 3.09. The molecule has 0 fully saturated rings. The van der Waals surface area contributed by atoms with E-state index in [1.165, 1.54) is 17.9 Å². The fourth-order valence-electron chi connectivity index (χ4n) is 1.34. The van der Waals surface area contributed by atoms with Gasteiger partial charge < -0.3 is 13.9 Å². The predicted molar refractivity (Wildman–Crippen MR) is 57.4 cm³/mol. The Morgan fingerprint density at radius 1 is 1.12 bits per heavy atom. The van der Waals surface area contributed by atoms with Crippen LogP contribution in [-0.4, -0.2) is 18.8 Å². The molecule has 0 atom stereocenters. The molecule has 5 heteroatoms. The fourth-order valence-corrected chi connectivity index (χ4v) is 1.34. The van der Waals surface area contributed by atoms with Crippen LogP contribution in [0.25, 0.3) is 5.69 Å². The lowest BCUT2D eigenvalue weighted by atomic mass is 10.3. The first-order chi connectivity index (χ1) is 7.74. The van der Waals surface area contributed by atoms with Gasteiger partial charge in [0.2, 0.25) is 0 Å². The van der Waals surface area contributed by atoms with E-state index in [0.717, 1.165) is 5.75 Å². The van der Waals surface area contributed by atoms with Gasteiger partial charge in [0.25, 0.3) is 0 Å². The van der Waals surface area contributed by atoms with Crippen molar-refractivity contribution in [3.05, 3.63) is 41.0 Å². The molecule has 0 saturated heterocycles. The van der Waals surface area contributed by atoms with Crippen LogP contribution in [0.3, 0.4) is 0 Å². The summed E-state index contributed by atoms with van der Waals surface area (Å²) in [6, 6.07) is 7.05. The van der Waals surface area contributed by atoms with Gasteiger partial charge in [0.05, 0.1) is 26.1 Å². The lowest BCUT2D eigenvalue weighted by Crippen LogP contribution is -2.10. The average molecular weight is 221 g/mol. The number of hydrogen-bond acceptors (Lipinski definition) is 4. The van der Waals surface area contributed by atoms with Gasteiger partial charge in [0.1, 0.15) is 5.75 Å². The van der Waals surface area contributed by atoms with Crippen LogP contribution in [0.2, 0.25) is 0 Å². The Morgan fingerprint density at radius 2 is 1.81 bits per heavy atom. The molecule has 0 bridgehead atoms. The van der Waals surface area contributed by atoms with Crippen LogP contribution in [0.5, 0.6) is 11.7 Å². The Hall–Kier alpha value is -2.17. The van der Waals surface area contributed by atoms with Crippen molar-refractivity contribution in [3.8, 4) is 17.4 Å². The summed E-state index contributed by atoms with van der Waals surface area (Å²) >= 11 is 0. The highest BCUT2D eigenvalue weighted by Gasteiger charge is 2.07. The Morgan fingerprint density at radius 3 is 2.31 bits per heavy atom. The molecule has 0 aliphatic carbocycles. The average Bonchev–Trinajstić information content (AvgIpc) is 2.71. The zero-order chi connectivity index (χ0) is 11.5. The molecular weight excluding hydrogens is 210 g/mol. The Balaban J connectivity index is 2.42. The van der Waals surface area contributed by atoms with Gasteiger partial charge in [-0.2, -0.15) is 0 Å². The molecule has 0 amide bonds. The number of nitrogens with zero attached hydrogens (tertiary/aromatic N) is 1. The van der Waals surface area contributed by atoms with E-state index < -0.39 is 5.76 Å². The van der Waals surface area contributed by atoms with E-state index in [0.29, 0.717) is 5.69 Å². The van der Waals surface area contributed by atoms with Crippen molar-refractivity contribution < 1.29 is 13.9 Å². The van der Waals surface area contributed by atoms with E-state index in [-0.39, 0.29) is 5.95 Å². The van der Waals surface area contributed by atoms with Crippen molar-refractivity contribution in [2.24, 2.45) is 0 Å². The molecule has 1 aromatic carbocycles. The largest absolute Gasteiger partial charge is 0.497 e.